The molecule has 0 unspecified atom stereocenters. The molecule has 29 heavy (non-hydrogen) atoms. The topological polar surface area (TPSA) is 42.0 Å². The van der Waals surface area contributed by atoms with Crippen LogP contribution in [0, 0.1) is 6.92 Å². The van der Waals surface area contributed by atoms with E-state index in [0.717, 1.165) is 42.8 Å². The monoisotopic (exact) mass is 394 g/mol. The van der Waals surface area contributed by atoms with Crippen LogP contribution in [0.25, 0.3) is 31.6 Å². The van der Waals surface area contributed by atoms with Crippen LogP contribution in [-0.2, 0) is 0 Å². The summed E-state index contributed by atoms with van der Waals surface area (Å²) in [5.74, 6) is -0.105. The number of aromatic nitrogens is 1. The number of amides is 1. The molecular weight excluding hydrogens is 376 g/mol. The largest absolute Gasteiger partial charge is 0.322 e. The van der Waals surface area contributed by atoms with E-state index in [9.17, 15) is 4.79 Å². The van der Waals surface area contributed by atoms with Gasteiger partial charge in [-0.25, -0.2) is 4.98 Å². The molecule has 1 heterocycles. The van der Waals surface area contributed by atoms with Gasteiger partial charge in [-0.15, -0.1) is 11.3 Å². The van der Waals surface area contributed by atoms with Gasteiger partial charge in [0.1, 0.15) is 5.01 Å². The maximum atomic E-state index is 13.0. The number of carbonyl (C=O) groups is 1. The molecule has 5 rings (SSSR count). The Bertz CT molecular complexity index is 1330. The number of benzene rings is 4. The number of para-hydroxylation sites is 1. The summed E-state index contributed by atoms with van der Waals surface area (Å²) in [6.07, 6.45) is 0. The van der Waals surface area contributed by atoms with Crippen LogP contribution >= 0.6 is 11.3 Å². The molecule has 1 N–H and O–H groups in total. The molecule has 0 aliphatic rings. The molecule has 0 atom stereocenters. The molecule has 0 bridgehead atoms. The summed E-state index contributed by atoms with van der Waals surface area (Å²) in [6.45, 7) is 2.03. The first-order valence-corrected chi connectivity index (χ1v) is 10.3. The number of rotatable bonds is 3. The minimum absolute atomic E-state index is 0.105. The Morgan fingerprint density at radius 2 is 1.62 bits per heavy atom. The van der Waals surface area contributed by atoms with Gasteiger partial charge in [-0.05, 0) is 47.5 Å². The lowest BCUT2D eigenvalue weighted by molar-refractivity contribution is 0.102. The van der Waals surface area contributed by atoms with Crippen molar-refractivity contribution in [3.8, 4) is 10.6 Å². The quantitative estimate of drug-likeness (QED) is 0.371. The summed E-state index contributed by atoms with van der Waals surface area (Å²) in [5, 5.41) is 6.07. The zero-order chi connectivity index (χ0) is 19.8. The molecule has 0 fully saturated rings. The van der Waals surface area contributed by atoms with E-state index in [4.69, 9.17) is 4.98 Å². The highest BCUT2D eigenvalue weighted by Gasteiger charge is 2.14. The van der Waals surface area contributed by atoms with Crippen LogP contribution < -0.4 is 5.32 Å². The van der Waals surface area contributed by atoms with Crippen molar-refractivity contribution in [3.05, 3.63) is 96.1 Å². The summed E-state index contributed by atoms with van der Waals surface area (Å²) in [4.78, 5) is 17.8. The second kappa shape index (κ2) is 7.15. The SMILES string of the molecule is Cc1c(NC(=O)c2cccc3ccccc23)cccc1-c1nc2ccccc2s1. The zero-order valence-corrected chi connectivity index (χ0v) is 16.7. The average Bonchev–Trinajstić information content (AvgIpc) is 3.18. The molecule has 1 aromatic heterocycles. The van der Waals surface area contributed by atoms with E-state index in [1.54, 1.807) is 11.3 Å². The highest BCUT2D eigenvalue weighted by molar-refractivity contribution is 7.21. The third-order valence-electron chi connectivity index (χ3n) is 5.14. The molecule has 3 nitrogen and oxygen atoms in total. The molecule has 0 saturated heterocycles. The minimum Gasteiger partial charge on any atom is -0.322 e. The fraction of sp³-hybridized carbons (Fsp3) is 0.0400. The number of anilines is 1. The molecule has 0 radical (unpaired) electrons. The summed E-state index contributed by atoms with van der Waals surface area (Å²) in [6, 6.07) is 27.8. The molecule has 5 aromatic rings. The van der Waals surface area contributed by atoms with E-state index in [2.05, 4.69) is 17.4 Å². The Morgan fingerprint density at radius 1 is 0.862 bits per heavy atom. The molecule has 0 spiro atoms. The molecule has 0 aliphatic heterocycles. The van der Waals surface area contributed by atoms with Gasteiger partial charge < -0.3 is 5.32 Å². The summed E-state index contributed by atoms with van der Waals surface area (Å²) in [5.41, 5.74) is 4.53. The van der Waals surface area contributed by atoms with Crippen LogP contribution in [-0.4, -0.2) is 10.9 Å². The fourth-order valence-electron chi connectivity index (χ4n) is 3.60. The first-order valence-electron chi connectivity index (χ1n) is 9.45. The van der Waals surface area contributed by atoms with Crippen LogP contribution in [0.3, 0.4) is 0 Å². The number of hydrogen-bond acceptors (Lipinski definition) is 3. The van der Waals surface area contributed by atoms with Crippen molar-refractivity contribution in [2.75, 3.05) is 5.32 Å². The average molecular weight is 394 g/mol. The third kappa shape index (κ3) is 3.18. The van der Waals surface area contributed by atoms with Crippen molar-refractivity contribution >= 4 is 43.9 Å². The number of thiazole rings is 1. The van der Waals surface area contributed by atoms with E-state index in [1.807, 2.05) is 79.7 Å². The van der Waals surface area contributed by atoms with Crippen molar-refractivity contribution in [1.29, 1.82) is 0 Å². The lowest BCUT2D eigenvalue weighted by Gasteiger charge is -2.12. The molecule has 140 valence electrons. The van der Waals surface area contributed by atoms with Gasteiger partial charge >= 0.3 is 0 Å². The Labute approximate surface area is 172 Å². The molecule has 0 saturated carbocycles. The zero-order valence-electron chi connectivity index (χ0n) is 15.8. The van der Waals surface area contributed by atoms with Gasteiger partial charge in [0.25, 0.3) is 5.91 Å². The summed E-state index contributed by atoms with van der Waals surface area (Å²) in [7, 11) is 0. The first-order chi connectivity index (χ1) is 14.2. The van der Waals surface area contributed by atoms with Crippen LogP contribution in [0.15, 0.2) is 84.9 Å². The van der Waals surface area contributed by atoms with E-state index in [1.165, 1.54) is 0 Å². The molecule has 4 aromatic carbocycles. The maximum absolute atomic E-state index is 13.0. The van der Waals surface area contributed by atoms with E-state index >= 15 is 0 Å². The maximum Gasteiger partial charge on any atom is 0.256 e. The number of nitrogens with one attached hydrogen (secondary N) is 1. The van der Waals surface area contributed by atoms with Crippen LogP contribution in [0.2, 0.25) is 0 Å². The third-order valence-corrected chi connectivity index (χ3v) is 6.21. The highest BCUT2D eigenvalue weighted by atomic mass is 32.1. The summed E-state index contributed by atoms with van der Waals surface area (Å²) < 4.78 is 1.16. The number of nitrogens with zero attached hydrogens (tertiary/aromatic N) is 1. The Balaban J connectivity index is 1.52. The first kappa shape index (κ1) is 17.6. The van der Waals surface area contributed by atoms with Gasteiger partial charge in [0, 0.05) is 16.8 Å². The predicted octanol–water partition coefficient (Wildman–Crippen LogP) is 6.68. The lowest BCUT2D eigenvalue weighted by Crippen LogP contribution is -2.13. The Kier molecular flexibility index (Phi) is 4.34. The highest BCUT2D eigenvalue weighted by Crippen LogP contribution is 2.34. The van der Waals surface area contributed by atoms with Crippen molar-refractivity contribution < 1.29 is 4.79 Å². The van der Waals surface area contributed by atoms with Crippen LogP contribution in [0.1, 0.15) is 15.9 Å². The Hall–Kier alpha value is -3.50. The number of hydrogen-bond donors (Lipinski definition) is 1. The van der Waals surface area contributed by atoms with Crippen molar-refractivity contribution in [1.82, 2.24) is 4.98 Å². The predicted molar refractivity (Wildman–Crippen MR) is 122 cm³/mol. The van der Waals surface area contributed by atoms with Crippen molar-refractivity contribution in [2.45, 2.75) is 6.92 Å². The summed E-state index contributed by atoms with van der Waals surface area (Å²) >= 11 is 1.67. The van der Waals surface area contributed by atoms with Crippen LogP contribution in [0.4, 0.5) is 5.69 Å². The van der Waals surface area contributed by atoms with Crippen molar-refractivity contribution in [2.24, 2.45) is 0 Å². The van der Waals surface area contributed by atoms with Gasteiger partial charge in [0.15, 0.2) is 0 Å². The van der Waals surface area contributed by atoms with E-state index in [-0.39, 0.29) is 5.91 Å². The second-order valence-corrected chi connectivity index (χ2v) is 7.98. The normalized spacial score (nSPS) is 11.1. The van der Waals surface area contributed by atoms with Gasteiger partial charge in [-0.2, -0.15) is 0 Å². The molecule has 4 heteroatoms. The second-order valence-electron chi connectivity index (χ2n) is 6.95. The smallest absolute Gasteiger partial charge is 0.256 e. The molecule has 0 aliphatic carbocycles. The minimum atomic E-state index is -0.105. The fourth-order valence-corrected chi connectivity index (χ4v) is 4.65. The number of fused-ring (bicyclic) bond motifs is 2. The van der Waals surface area contributed by atoms with Crippen molar-refractivity contribution in [3.63, 3.8) is 0 Å². The number of carbonyl (C=O) groups excluding carboxylic acids is 1. The van der Waals surface area contributed by atoms with Gasteiger partial charge in [-0.1, -0.05) is 60.7 Å². The van der Waals surface area contributed by atoms with Gasteiger partial charge in [0.05, 0.1) is 10.2 Å². The van der Waals surface area contributed by atoms with E-state index in [0.29, 0.717) is 5.56 Å². The molecular formula is C25H18N2OS. The van der Waals surface area contributed by atoms with Crippen LogP contribution in [0.5, 0.6) is 0 Å². The lowest BCUT2D eigenvalue weighted by atomic mass is 10.0. The Morgan fingerprint density at radius 3 is 2.52 bits per heavy atom. The van der Waals surface area contributed by atoms with Gasteiger partial charge in [0.2, 0.25) is 0 Å². The standard InChI is InChI=1S/C25H18N2OS/c1-16-18(25-27-22-13-4-5-15-23(22)29-25)11-7-14-21(16)26-24(28)20-12-6-9-17-8-2-3-10-19(17)20/h2-15H,1H3,(H,26,28). The molecule has 1 amide bonds. The van der Waals surface area contributed by atoms with E-state index < -0.39 is 0 Å². The van der Waals surface area contributed by atoms with Gasteiger partial charge in [-0.3, -0.25) is 4.79 Å².